The standard InChI is InChI=1S/C31H48N2O6/c1-28(2,3)21-29(4,5)33-18-14-16-31-22(25(35)32(24(31)26(33)36)17-11-9-12-19-34)23-27(37)38-20-13-8-7-10-15-30(23,6)39-31/h10,14-16,22-24,34H,7-9,11-13,17-21H2,1-6H3/b15-10-/t22-,23-,24?,30+,31-/m0/s1. The molecule has 2 saturated heterocycles. The summed E-state index contributed by atoms with van der Waals surface area (Å²) in [5.74, 6) is -2.51. The molecule has 218 valence electrons. The highest BCUT2D eigenvalue weighted by molar-refractivity contribution is 5.99. The van der Waals surface area contributed by atoms with Crippen molar-refractivity contribution in [1.29, 1.82) is 0 Å². The molecule has 1 unspecified atom stereocenters. The fraction of sp³-hybridized carbons (Fsp3) is 0.774. The molecule has 0 bridgehead atoms. The molecule has 0 radical (unpaired) electrons. The highest BCUT2D eigenvalue weighted by Gasteiger charge is 2.74. The van der Waals surface area contributed by atoms with Crippen LogP contribution < -0.4 is 0 Å². The average Bonchev–Trinajstić information content (AvgIpc) is 3.14. The van der Waals surface area contributed by atoms with Crippen LogP contribution in [0.3, 0.4) is 0 Å². The summed E-state index contributed by atoms with van der Waals surface area (Å²) in [6, 6.07) is -0.877. The Morgan fingerprint density at radius 1 is 0.974 bits per heavy atom. The molecule has 0 aromatic carbocycles. The zero-order valence-corrected chi connectivity index (χ0v) is 24.7. The van der Waals surface area contributed by atoms with E-state index in [-0.39, 0.29) is 23.8 Å². The van der Waals surface area contributed by atoms with Crippen molar-refractivity contribution in [2.75, 3.05) is 26.3 Å². The number of aliphatic hydroxyl groups excluding tert-OH is 1. The molecule has 1 N–H and O–H groups in total. The van der Waals surface area contributed by atoms with Crippen molar-refractivity contribution in [1.82, 2.24) is 9.80 Å². The van der Waals surface area contributed by atoms with E-state index in [1.807, 2.05) is 36.1 Å². The molecule has 2 amide bonds. The van der Waals surface area contributed by atoms with Crippen LogP contribution in [0.5, 0.6) is 0 Å². The van der Waals surface area contributed by atoms with Crippen LogP contribution >= 0.6 is 0 Å². The number of ether oxygens (including phenoxy) is 2. The average molecular weight is 545 g/mol. The monoisotopic (exact) mass is 544 g/mol. The van der Waals surface area contributed by atoms with Gasteiger partial charge in [-0.1, -0.05) is 45.1 Å². The normalized spacial score (nSPS) is 34.3. The van der Waals surface area contributed by atoms with Gasteiger partial charge >= 0.3 is 5.97 Å². The van der Waals surface area contributed by atoms with Gasteiger partial charge in [0.1, 0.15) is 17.6 Å². The smallest absolute Gasteiger partial charge is 0.313 e. The number of aliphatic hydroxyl groups is 1. The number of unbranched alkanes of at least 4 members (excludes halogenated alkanes) is 2. The van der Waals surface area contributed by atoms with Gasteiger partial charge in [-0.3, -0.25) is 14.4 Å². The molecule has 2 fully saturated rings. The molecular formula is C31H48N2O6. The maximum Gasteiger partial charge on any atom is 0.313 e. The van der Waals surface area contributed by atoms with Crippen molar-refractivity contribution in [2.45, 2.75) is 109 Å². The van der Waals surface area contributed by atoms with Gasteiger partial charge in [0.2, 0.25) is 11.8 Å². The summed E-state index contributed by atoms with van der Waals surface area (Å²) in [4.78, 5) is 46.1. The number of fused-ring (bicyclic) bond motifs is 2. The molecule has 8 heteroatoms. The predicted molar refractivity (Wildman–Crippen MR) is 149 cm³/mol. The summed E-state index contributed by atoms with van der Waals surface area (Å²) in [7, 11) is 0. The van der Waals surface area contributed by atoms with Crippen molar-refractivity contribution in [3.05, 3.63) is 24.3 Å². The first kappa shape index (κ1) is 29.8. The topological polar surface area (TPSA) is 96.4 Å². The van der Waals surface area contributed by atoms with Gasteiger partial charge in [-0.2, -0.15) is 0 Å². The fourth-order valence-corrected chi connectivity index (χ4v) is 7.55. The minimum absolute atomic E-state index is 0.0101. The molecule has 0 aromatic rings. The van der Waals surface area contributed by atoms with Gasteiger partial charge in [-0.25, -0.2) is 0 Å². The molecule has 0 saturated carbocycles. The predicted octanol–water partition coefficient (Wildman–Crippen LogP) is 4.02. The first-order chi connectivity index (χ1) is 18.3. The Hall–Kier alpha value is -2.19. The van der Waals surface area contributed by atoms with Crippen molar-refractivity contribution in [2.24, 2.45) is 17.3 Å². The van der Waals surface area contributed by atoms with Gasteiger partial charge in [0, 0.05) is 25.2 Å². The quantitative estimate of drug-likeness (QED) is 0.296. The summed E-state index contributed by atoms with van der Waals surface area (Å²) in [5, 5.41) is 9.28. The molecule has 0 aromatic heterocycles. The van der Waals surface area contributed by atoms with E-state index >= 15 is 0 Å². The molecule has 5 atom stereocenters. The molecule has 39 heavy (non-hydrogen) atoms. The molecule has 4 rings (SSSR count). The van der Waals surface area contributed by atoms with Gasteiger partial charge in [-0.05, 0) is 71.1 Å². The van der Waals surface area contributed by atoms with E-state index in [1.54, 1.807) is 4.90 Å². The highest BCUT2D eigenvalue weighted by atomic mass is 16.6. The number of hydrogen-bond acceptors (Lipinski definition) is 6. The van der Waals surface area contributed by atoms with Gasteiger partial charge in [-0.15, -0.1) is 0 Å². The number of carbonyl (C=O) groups excluding carboxylic acids is 3. The van der Waals surface area contributed by atoms with E-state index in [9.17, 15) is 19.5 Å². The summed E-state index contributed by atoms with van der Waals surface area (Å²) >= 11 is 0. The Kier molecular flexibility index (Phi) is 8.40. The molecule has 0 aliphatic carbocycles. The van der Waals surface area contributed by atoms with Crippen LogP contribution in [0.15, 0.2) is 24.3 Å². The largest absolute Gasteiger partial charge is 0.465 e. The number of nitrogens with zero attached hydrogens (tertiary/aromatic N) is 2. The van der Waals surface area contributed by atoms with E-state index in [1.165, 1.54) is 0 Å². The van der Waals surface area contributed by atoms with Crippen LogP contribution in [0.2, 0.25) is 0 Å². The highest BCUT2D eigenvalue weighted by Crippen LogP contribution is 2.57. The lowest BCUT2D eigenvalue weighted by molar-refractivity contribution is -0.161. The Morgan fingerprint density at radius 3 is 2.41 bits per heavy atom. The number of rotatable bonds is 7. The van der Waals surface area contributed by atoms with E-state index in [4.69, 9.17) is 9.47 Å². The van der Waals surface area contributed by atoms with Gasteiger partial charge < -0.3 is 24.4 Å². The lowest BCUT2D eigenvalue weighted by Crippen LogP contribution is -2.60. The van der Waals surface area contributed by atoms with Crippen molar-refractivity contribution in [3.63, 3.8) is 0 Å². The number of esters is 1. The number of likely N-dealkylation sites (tertiary alicyclic amines) is 1. The lowest BCUT2D eigenvalue weighted by Gasteiger charge is -2.45. The number of amides is 2. The Morgan fingerprint density at radius 2 is 1.72 bits per heavy atom. The first-order valence-corrected chi connectivity index (χ1v) is 14.7. The van der Waals surface area contributed by atoms with E-state index in [2.05, 4.69) is 34.6 Å². The molecule has 4 heterocycles. The number of allylic oxidation sites excluding steroid dienone is 1. The van der Waals surface area contributed by atoms with E-state index < -0.39 is 40.6 Å². The Labute approximate surface area is 233 Å². The van der Waals surface area contributed by atoms with Crippen LogP contribution in [-0.4, -0.2) is 81.8 Å². The number of hydrogen-bond donors (Lipinski definition) is 1. The van der Waals surface area contributed by atoms with E-state index in [0.717, 1.165) is 32.1 Å². The van der Waals surface area contributed by atoms with Crippen molar-refractivity contribution in [3.8, 4) is 0 Å². The van der Waals surface area contributed by atoms with Crippen LogP contribution in [0.1, 0.15) is 86.5 Å². The molecule has 4 aliphatic rings. The SMILES string of the molecule is CC(C)(C)CC(C)(C)N1CC=C[C@]23O[C@]4(C)/C=C\CCCCOC(=O)[C@@H]4[C@H]2C(=O)N(CCCCCO)C3C1=O. The second-order valence-corrected chi connectivity index (χ2v) is 13.8. The fourth-order valence-electron chi connectivity index (χ4n) is 7.55. The summed E-state index contributed by atoms with van der Waals surface area (Å²) in [6.07, 6.45) is 13.1. The maximum absolute atomic E-state index is 14.6. The molecular weight excluding hydrogens is 496 g/mol. The molecule has 8 nitrogen and oxygen atoms in total. The van der Waals surface area contributed by atoms with E-state index in [0.29, 0.717) is 32.5 Å². The zero-order valence-electron chi connectivity index (χ0n) is 24.7. The Balaban J connectivity index is 1.80. The van der Waals surface area contributed by atoms with Gasteiger partial charge in [0.15, 0.2) is 0 Å². The van der Waals surface area contributed by atoms with Crippen LogP contribution in [0, 0.1) is 17.3 Å². The summed E-state index contributed by atoms with van der Waals surface area (Å²) < 4.78 is 12.6. The second-order valence-electron chi connectivity index (χ2n) is 13.8. The van der Waals surface area contributed by atoms with Crippen molar-refractivity contribution >= 4 is 17.8 Å². The minimum Gasteiger partial charge on any atom is -0.465 e. The van der Waals surface area contributed by atoms with Crippen LogP contribution in [0.4, 0.5) is 0 Å². The lowest BCUT2D eigenvalue weighted by atomic mass is 9.74. The second kappa shape index (κ2) is 11.0. The third-order valence-electron chi connectivity index (χ3n) is 8.75. The van der Waals surface area contributed by atoms with Crippen LogP contribution in [-0.2, 0) is 23.9 Å². The van der Waals surface area contributed by atoms with Gasteiger partial charge in [0.25, 0.3) is 0 Å². The minimum atomic E-state index is -1.27. The first-order valence-electron chi connectivity index (χ1n) is 14.7. The van der Waals surface area contributed by atoms with Crippen LogP contribution in [0.25, 0.3) is 0 Å². The third-order valence-corrected chi connectivity index (χ3v) is 8.75. The Bertz CT molecular complexity index is 1010. The molecule has 1 spiro atoms. The number of carbonyl (C=O) groups is 3. The summed E-state index contributed by atoms with van der Waals surface area (Å²) in [5.41, 5.74) is -2.82. The number of cyclic esters (lactones) is 1. The zero-order chi connectivity index (χ0) is 28.6. The van der Waals surface area contributed by atoms with Crippen molar-refractivity contribution < 1.29 is 29.0 Å². The molecule has 4 aliphatic heterocycles. The maximum atomic E-state index is 14.6. The third kappa shape index (κ3) is 5.56. The summed E-state index contributed by atoms with van der Waals surface area (Å²) in [6.45, 7) is 13.7. The van der Waals surface area contributed by atoms with Gasteiger partial charge in [0.05, 0.1) is 18.1 Å².